The smallest absolute Gasteiger partial charge is 0.274 e. The van der Waals surface area contributed by atoms with Crippen LogP contribution in [0, 0.1) is 0 Å². The lowest BCUT2D eigenvalue weighted by molar-refractivity contribution is 0.102. The highest BCUT2D eigenvalue weighted by Crippen LogP contribution is 2.25. The molecule has 4 nitrogen and oxygen atoms in total. The first-order valence-electron chi connectivity index (χ1n) is 6.02. The molecule has 2 N–H and O–H groups in total. The minimum Gasteiger partial charge on any atom is -0.384 e. The summed E-state index contributed by atoms with van der Waals surface area (Å²) in [4.78, 5) is 16.0. The molecule has 0 spiro atoms. The number of halogens is 1. The number of benzene rings is 1. The Morgan fingerprint density at radius 3 is 3.00 bits per heavy atom. The molecule has 0 aliphatic carbocycles. The van der Waals surface area contributed by atoms with Crippen LogP contribution in [0.25, 0.3) is 0 Å². The Labute approximate surface area is 115 Å². The number of rotatable bonds is 2. The molecule has 1 amide bonds. The third-order valence-corrected chi connectivity index (χ3v) is 3.26. The van der Waals surface area contributed by atoms with Crippen LogP contribution < -0.4 is 10.6 Å². The highest BCUT2D eigenvalue weighted by atomic mass is 35.5. The molecule has 1 aromatic carbocycles. The number of nitrogens with one attached hydrogen (secondary N) is 2. The van der Waals surface area contributed by atoms with Crippen molar-refractivity contribution in [3.05, 3.63) is 52.8 Å². The van der Waals surface area contributed by atoms with E-state index in [9.17, 15) is 4.79 Å². The fraction of sp³-hybridized carbons (Fsp3) is 0.143. The Morgan fingerprint density at radius 2 is 2.21 bits per heavy atom. The van der Waals surface area contributed by atoms with Gasteiger partial charge in [0, 0.05) is 24.1 Å². The molecule has 0 unspecified atom stereocenters. The Balaban J connectivity index is 1.77. The molecule has 19 heavy (non-hydrogen) atoms. The second-order valence-corrected chi connectivity index (χ2v) is 4.80. The Hall–Kier alpha value is -2.07. The molecule has 0 fully saturated rings. The first-order chi connectivity index (χ1) is 9.22. The molecule has 0 atom stereocenters. The number of carbonyl (C=O) groups excluding carboxylic acids is 1. The topological polar surface area (TPSA) is 54.0 Å². The third-order valence-electron chi connectivity index (χ3n) is 3.03. The van der Waals surface area contributed by atoms with Gasteiger partial charge < -0.3 is 10.6 Å². The molecule has 0 saturated carbocycles. The predicted octanol–water partition coefficient (Wildman–Crippen LogP) is 2.96. The summed E-state index contributed by atoms with van der Waals surface area (Å²) in [6.07, 6.45) is 2.45. The second-order valence-electron chi connectivity index (χ2n) is 4.36. The highest BCUT2D eigenvalue weighted by molar-refractivity contribution is 6.30. The molecule has 1 aliphatic heterocycles. The van der Waals surface area contributed by atoms with Crippen molar-refractivity contribution in [2.24, 2.45) is 0 Å². The molecule has 0 saturated heterocycles. The van der Waals surface area contributed by atoms with Gasteiger partial charge in [-0.15, -0.1) is 0 Å². The third kappa shape index (κ3) is 2.53. The van der Waals surface area contributed by atoms with Crippen molar-refractivity contribution < 1.29 is 4.79 Å². The summed E-state index contributed by atoms with van der Waals surface area (Å²) < 4.78 is 0. The van der Waals surface area contributed by atoms with Crippen LogP contribution in [0.1, 0.15) is 16.1 Å². The van der Waals surface area contributed by atoms with E-state index in [1.807, 2.05) is 18.2 Å². The van der Waals surface area contributed by atoms with Gasteiger partial charge in [0.25, 0.3) is 5.91 Å². The lowest BCUT2D eigenvalue weighted by atomic mass is 10.1. The van der Waals surface area contributed by atoms with Gasteiger partial charge in [-0.25, -0.2) is 4.98 Å². The second kappa shape index (κ2) is 4.90. The molecular formula is C14H12ClN3O. The largest absolute Gasteiger partial charge is 0.384 e. The summed E-state index contributed by atoms with van der Waals surface area (Å²) >= 11 is 5.74. The monoisotopic (exact) mass is 273 g/mol. The zero-order valence-corrected chi connectivity index (χ0v) is 10.9. The van der Waals surface area contributed by atoms with E-state index in [1.165, 1.54) is 11.8 Å². The van der Waals surface area contributed by atoms with Crippen LogP contribution in [0.2, 0.25) is 5.02 Å². The number of carbonyl (C=O) groups is 1. The number of hydrogen-bond acceptors (Lipinski definition) is 3. The quantitative estimate of drug-likeness (QED) is 0.884. The van der Waals surface area contributed by atoms with E-state index in [-0.39, 0.29) is 5.91 Å². The maximum Gasteiger partial charge on any atom is 0.274 e. The van der Waals surface area contributed by atoms with Crippen LogP contribution in [0.3, 0.4) is 0 Å². The van der Waals surface area contributed by atoms with Crippen LogP contribution in [0.4, 0.5) is 11.4 Å². The first kappa shape index (κ1) is 12.0. The van der Waals surface area contributed by atoms with E-state index >= 15 is 0 Å². The van der Waals surface area contributed by atoms with E-state index in [0.29, 0.717) is 10.7 Å². The number of fused-ring (bicyclic) bond motifs is 1. The van der Waals surface area contributed by atoms with Gasteiger partial charge >= 0.3 is 0 Å². The van der Waals surface area contributed by atoms with Gasteiger partial charge in [-0.3, -0.25) is 4.79 Å². The SMILES string of the molecule is O=C(Nc1ccc2c(c1)CCN2)c1ccc(Cl)cn1. The van der Waals surface area contributed by atoms with Crippen LogP contribution in [0.5, 0.6) is 0 Å². The van der Waals surface area contributed by atoms with Crippen molar-refractivity contribution in [3.63, 3.8) is 0 Å². The minimum absolute atomic E-state index is 0.234. The Kier molecular flexibility index (Phi) is 3.09. The molecular weight excluding hydrogens is 262 g/mol. The number of nitrogens with zero attached hydrogens (tertiary/aromatic N) is 1. The molecule has 2 aromatic rings. The molecule has 96 valence electrons. The molecule has 3 rings (SSSR count). The van der Waals surface area contributed by atoms with Crippen molar-refractivity contribution in [1.29, 1.82) is 0 Å². The summed E-state index contributed by atoms with van der Waals surface area (Å²) in [7, 11) is 0. The molecule has 0 bridgehead atoms. The molecule has 0 radical (unpaired) electrons. The average molecular weight is 274 g/mol. The van der Waals surface area contributed by atoms with E-state index in [2.05, 4.69) is 15.6 Å². The van der Waals surface area contributed by atoms with E-state index in [0.717, 1.165) is 24.3 Å². The summed E-state index contributed by atoms with van der Waals surface area (Å²) in [5.41, 5.74) is 3.50. The number of hydrogen-bond donors (Lipinski definition) is 2. The zero-order valence-electron chi connectivity index (χ0n) is 10.1. The molecule has 1 aromatic heterocycles. The van der Waals surface area contributed by atoms with E-state index < -0.39 is 0 Å². The van der Waals surface area contributed by atoms with Gasteiger partial charge in [-0.2, -0.15) is 0 Å². The number of pyridine rings is 1. The van der Waals surface area contributed by atoms with E-state index in [4.69, 9.17) is 11.6 Å². The van der Waals surface area contributed by atoms with Crippen molar-refractivity contribution in [2.75, 3.05) is 17.2 Å². The van der Waals surface area contributed by atoms with Crippen LogP contribution >= 0.6 is 11.6 Å². The predicted molar refractivity (Wildman–Crippen MR) is 75.8 cm³/mol. The summed E-state index contributed by atoms with van der Waals surface area (Å²) in [6.45, 7) is 0.950. The van der Waals surface area contributed by atoms with Crippen molar-refractivity contribution in [1.82, 2.24) is 4.98 Å². The molecule has 5 heteroatoms. The summed E-state index contributed by atoms with van der Waals surface area (Å²) in [5, 5.41) is 6.63. The maximum atomic E-state index is 12.0. The van der Waals surface area contributed by atoms with Gasteiger partial charge in [0.2, 0.25) is 0 Å². The summed E-state index contributed by atoms with van der Waals surface area (Å²) in [6, 6.07) is 9.10. The average Bonchev–Trinajstić information content (AvgIpc) is 2.87. The van der Waals surface area contributed by atoms with Gasteiger partial charge in [0.15, 0.2) is 0 Å². The first-order valence-corrected chi connectivity index (χ1v) is 6.40. The highest BCUT2D eigenvalue weighted by Gasteiger charge is 2.12. The van der Waals surface area contributed by atoms with Gasteiger partial charge in [0.05, 0.1) is 5.02 Å². The lowest BCUT2D eigenvalue weighted by Gasteiger charge is -2.07. The minimum atomic E-state index is -0.234. The lowest BCUT2D eigenvalue weighted by Crippen LogP contribution is -2.13. The van der Waals surface area contributed by atoms with Crippen molar-refractivity contribution in [2.45, 2.75) is 6.42 Å². The van der Waals surface area contributed by atoms with Gasteiger partial charge in [-0.1, -0.05) is 11.6 Å². The molecule has 2 heterocycles. The summed E-state index contributed by atoms with van der Waals surface area (Å²) in [5.74, 6) is -0.234. The Morgan fingerprint density at radius 1 is 1.32 bits per heavy atom. The fourth-order valence-electron chi connectivity index (χ4n) is 2.09. The zero-order chi connectivity index (χ0) is 13.2. The van der Waals surface area contributed by atoms with Crippen LogP contribution in [-0.4, -0.2) is 17.4 Å². The van der Waals surface area contributed by atoms with Crippen LogP contribution in [-0.2, 0) is 6.42 Å². The number of aromatic nitrogens is 1. The standard InChI is InChI=1S/C14H12ClN3O/c15-10-1-3-13(17-8-10)14(19)18-11-2-4-12-9(7-11)5-6-16-12/h1-4,7-8,16H,5-6H2,(H,18,19). The van der Waals surface area contributed by atoms with Crippen LogP contribution in [0.15, 0.2) is 36.5 Å². The number of amides is 1. The maximum absolute atomic E-state index is 12.0. The number of anilines is 2. The van der Waals surface area contributed by atoms with Gasteiger partial charge in [0.1, 0.15) is 5.69 Å². The molecule has 1 aliphatic rings. The van der Waals surface area contributed by atoms with E-state index in [1.54, 1.807) is 12.1 Å². The fourth-order valence-corrected chi connectivity index (χ4v) is 2.20. The Bertz CT molecular complexity index is 625. The van der Waals surface area contributed by atoms with Crippen molar-refractivity contribution >= 4 is 28.9 Å². The van der Waals surface area contributed by atoms with Crippen molar-refractivity contribution in [3.8, 4) is 0 Å². The normalized spacial score (nSPS) is 12.7. The van der Waals surface area contributed by atoms with Gasteiger partial charge in [-0.05, 0) is 42.3 Å².